The number of carbonyl (C=O) groups is 2. The molecule has 1 heterocycles. The van der Waals surface area contributed by atoms with Gasteiger partial charge in [-0.05, 0) is 36.8 Å². The van der Waals surface area contributed by atoms with E-state index in [9.17, 15) is 14.0 Å². The first-order valence-corrected chi connectivity index (χ1v) is 9.09. The summed E-state index contributed by atoms with van der Waals surface area (Å²) in [6.45, 7) is 1.30. The zero-order chi connectivity index (χ0) is 19.2. The predicted octanol–water partition coefficient (Wildman–Crippen LogP) is 3.04. The Kier molecular flexibility index (Phi) is 6.42. The fourth-order valence-electron chi connectivity index (χ4n) is 2.98. The minimum Gasteiger partial charge on any atom is -0.376 e. The first-order valence-electron chi connectivity index (χ1n) is 8.71. The Balaban J connectivity index is 1.42. The average molecular weight is 391 g/mol. The van der Waals surface area contributed by atoms with Crippen LogP contribution in [0.2, 0.25) is 5.02 Å². The van der Waals surface area contributed by atoms with Crippen molar-refractivity contribution < 1.29 is 18.7 Å². The van der Waals surface area contributed by atoms with Crippen molar-refractivity contribution in [3.63, 3.8) is 0 Å². The first-order chi connectivity index (χ1) is 13.0. The van der Waals surface area contributed by atoms with E-state index in [2.05, 4.69) is 10.6 Å². The molecule has 2 amide bonds. The summed E-state index contributed by atoms with van der Waals surface area (Å²) in [6.07, 6.45) is 0.596. The van der Waals surface area contributed by atoms with Gasteiger partial charge in [0, 0.05) is 24.6 Å². The molecule has 2 unspecified atom stereocenters. The standard InChI is InChI=1S/C20H20ClFN2O3/c21-18-7-2-1-6-17(18)20(26)24-11-16-8-13(12-27-16)10-23-19(25)14-4-3-5-15(22)9-14/h1-7,9,13,16H,8,10-12H2,(H,23,25)(H,24,26). The van der Waals surface area contributed by atoms with Crippen molar-refractivity contribution in [2.45, 2.75) is 12.5 Å². The van der Waals surface area contributed by atoms with Gasteiger partial charge in [-0.25, -0.2) is 4.39 Å². The van der Waals surface area contributed by atoms with Gasteiger partial charge in [0.15, 0.2) is 0 Å². The molecule has 0 saturated carbocycles. The zero-order valence-corrected chi connectivity index (χ0v) is 15.3. The van der Waals surface area contributed by atoms with Crippen molar-refractivity contribution in [1.82, 2.24) is 10.6 Å². The SMILES string of the molecule is O=C(NCC1COC(CNC(=O)c2ccccc2Cl)C1)c1cccc(F)c1. The van der Waals surface area contributed by atoms with Gasteiger partial charge in [0.1, 0.15) is 5.82 Å². The fourth-order valence-corrected chi connectivity index (χ4v) is 3.20. The Bertz CT molecular complexity index is 830. The smallest absolute Gasteiger partial charge is 0.252 e. The molecule has 5 nitrogen and oxygen atoms in total. The summed E-state index contributed by atoms with van der Waals surface area (Å²) in [7, 11) is 0. The van der Waals surface area contributed by atoms with Crippen LogP contribution in [0, 0.1) is 11.7 Å². The molecule has 1 fully saturated rings. The predicted molar refractivity (Wildman–Crippen MR) is 100 cm³/mol. The van der Waals surface area contributed by atoms with E-state index in [1.807, 2.05) is 0 Å². The Morgan fingerprint density at radius 2 is 1.85 bits per heavy atom. The number of rotatable bonds is 6. The number of hydrogen-bond donors (Lipinski definition) is 2. The molecule has 0 radical (unpaired) electrons. The highest BCUT2D eigenvalue weighted by Crippen LogP contribution is 2.19. The van der Waals surface area contributed by atoms with Gasteiger partial charge in [-0.2, -0.15) is 0 Å². The average Bonchev–Trinajstić information content (AvgIpc) is 3.12. The molecule has 2 N–H and O–H groups in total. The number of halogens is 2. The van der Waals surface area contributed by atoms with E-state index in [0.717, 1.165) is 0 Å². The molecular weight excluding hydrogens is 371 g/mol. The normalized spacial score (nSPS) is 18.9. The van der Waals surface area contributed by atoms with Crippen LogP contribution < -0.4 is 10.6 Å². The van der Waals surface area contributed by atoms with Gasteiger partial charge in [0.25, 0.3) is 11.8 Å². The molecule has 0 aromatic heterocycles. The lowest BCUT2D eigenvalue weighted by Gasteiger charge is -2.12. The van der Waals surface area contributed by atoms with E-state index < -0.39 is 5.82 Å². The first kappa shape index (κ1) is 19.3. The Hall–Kier alpha value is -2.44. The van der Waals surface area contributed by atoms with Crippen LogP contribution in [0.3, 0.4) is 0 Å². The van der Waals surface area contributed by atoms with E-state index in [0.29, 0.717) is 36.7 Å². The minimum atomic E-state index is -0.443. The Morgan fingerprint density at radius 3 is 2.63 bits per heavy atom. The summed E-state index contributed by atoms with van der Waals surface area (Å²) in [5.74, 6) is -0.858. The molecule has 2 aromatic carbocycles. The number of carbonyl (C=O) groups excluding carboxylic acids is 2. The monoisotopic (exact) mass is 390 g/mol. The van der Waals surface area contributed by atoms with Crippen molar-refractivity contribution in [3.05, 3.63) is 70.5 Å². The van der Waals surface area contributed by atoms with Crippen molar-refractivity contribution in [3.8, 4) is 0 Å². The second-order valence-corrected chi connectivity index (χ2v) is 6.87. The molecule has 7 heteroatoms. The quantitative estimate of drug-likeness (QED) is 0.796. The number of hydrogen-bond acceptors (Lipinski definition) is 3. The van der Waals surface area contributed by atoms with Crippen molar-refractivity contribution >= 4 is 23.4 Å². The van der Waals surface area contributed by atoms with Crippen molar-refractivity contribution in [2.75, 3.05) is 19.7 Å². The minimum absolute atomic E-state index is 0.118. The van der Waals surface area contributed by atoms with Gasteiger partial charge in [0.2, 0.25) is 0 Å². The van der Waals surface area contributed by atoms with E-state index in [4.69, 9.17) is 16.3 Å². The summed E-state index contributed by atoms with van der Waals surface area (Å²) in [6, 6.07) is 12.4. The van der Waals surface area contributed by atoms with E-state index >= 15 is 0 Å². The van der Waals surface area contributed by atoms with Gasteiger partial charge >= 0.3 is 0 Å². The second-order valence-electron chi connectivity index (χ2n) is 6.47. The molecule has 27 heavy (non-hydrogen) atoms. The fraction of sp³-hybridized carbons (Fsp3) is 0.300. The Labute approximate surface area is 161 Å². The maximum absolute atomic E-state index is 13.2. The summed E-state index contributed by atoms with van der Waals surface area (Å²) in [5, 5.41) is 6.02. The van der Waals surface area contributed by atoms with Gasteiger partial charge in [0.05, 0.1) is 23.3 Å². The lowest BCUT2D eigenvalue weighted by atomic mass is 10.1. The summed E-state index contributed by atoms with van der Waals surface area (Å²) >= 11 is 6.01. The highest BCUT2D eigenvalue weighted by atomic mass is 35.5. The van der Waals surface area contributed by atoms with E-state index in [1.165, 1.54) is 18.2 Å². The second kappa shape index (κ2) is 8.97. The number of amides is 2. The van der Waals surface area contributed by atoms with Gasteiger partial charge in [-0.3, -0.25) is 9.59 Å². The molecule has 0 bridgehead atoms. The van der Waals surface area contributed by atoms with Crippen molar-refractivity contribution in [1.29, 1.82) is 0 Å². The topological polar surface area (TPSA) is 67.4 Å². The molecule has 0 spiro atoms. The molecule has 2 atom stereocenters. The molecule has 3 rings (SSSR count). The Morgan fingerprint density at radius 1 is 1.07 bits per heavy atom. The maximum atomic E-state index is 13.2. The third-order valence-electron chi connectivity index (χ3n) is 4.41. The van der Waals surface area contributed by atoms with Crippen LogP contribution in [0.1, 0.15) is 27.1 Å². The lowest BCUT2D eigenvalue weighted by molar-refractivity contribution is 0.0843. The maximum Gasteiger partial charge on any atom is 0.252 e. The molecule has 1 aliphatic rings. The molecule has 2 aromatic rings. The molecule has 1 saturated heterocycles. The molecule has 142 valence electrons. The number of benzene rings is 2. The van der Waals surface area contributed by atoms with Crippen LogP contribution in [0.4, 0.5) is 4.39 Å². The van der Waals surface area contributed by atoms with E-state index in [1.54, 1.807) is 30.3 Å². The summed E-state index contributed by atoms with van der Waals surface area (Å²) in [5.41, 5.74) is 0.716. The van der Waals surface area contributed by atoms with Crippen LogP contribution in [-0.2, 0) is 4.74 Å². The van der Waals surface area contributed by atoms with Crippen LogP contribution in [0.15, 0.2) is 48.5 Å². The van der Waals surface area contributed by atoms with Crippen LogP contribution in [-0.4, -0.2) is 37.6 Å². The van der Waals surface area contributed by atoms with E-state index in [-0.39, 0.29) is 29.4 Å². The highest BCUT2D eigenvalue weighted by molar-refractivity contribution is 6.33. The van der Waals surface area contributed by atoms with Crippen LogP contribution in [0.25, 0.3) is 0 Å². The third kappa shape index (κ3) is 5.28. The van der Waals surface area contributed by atoms with Crippen LogP contribution in [0.5, 0.6) is 0 Å². The molecule has 0 aliphatic carbocycles. The van der Waals surface area contributed by atoms with Gasteiger partial charge in [-0.15, -0.1) is 0 Å². The largest absolute Gasteiger partial charge is 0.376 e. The van der Waals surface area contributed by atoms with Crippen molar-refractivity contribution in [2.24, 2.45) is 5.92 Å². The highest BCUT2D eigenvalue weighted by Gasteiger charge is 2.26. The lowest BCUT2D eigenvalue weighted by Crippen LogP contribution is -2.32. The number of nitrogens with one attached hydrogen (secondary N) is 2. The summed E-state index contributed by atoms with van der Waals surface area (Å²) < 4.78 is 18.9. The van der Waals surface area contributed by atoms with Crippen LogP contribution >= 0.6 is 11.6 Å². The molecule has 1 aliphatic heterocycles. The molecular formula is C20H20ClFN2O3. The zero-order valence-electron chi connectivity index (χ0n) is 14.6. The van der Waals surface area contributed by atoms with Gasteiger partial charge in [-0.1, -0.05) is 29.8 Å². The third-order valence-corrected chi connectivity index (χ3v) is 4.74. The van der Waals surface area contributed by atoms with Gasteiger partial charge < -0.3 is 15.4 Å². The number of ether oxygens (including phenoxy) is 1. The summed E-state index contributed by atoms with van der Waals surface area (Å²) in [4.78, 5) is 24.2.